The van der Waals surface area contributed by atoms with Crippen molar-refractivity contribution in [3.63, 3.8) is 0 Å². The highest BCUT2D eigenvalue weighted by Crippen LogP contribution is 2.40. The van der Waals surface area contributed by atoms with Gasteiger partial charge in [-0.15, -0.1) is 0 Å². The molecule has 3 atom stereocenters. The first-order valence-corrected chi connectivity index (χ1v) is 10.1. The molecule has 3 nitrogen and oxygen atoms in total. The van der Waals surface area contributed by atoms with E-state index in [0.29, 0.717) is 11.8 Å². The third-order valence-electron chi connectivity index (χ3n) is 6.11. The maximum atomic E-state index is 9.49. The second-order valence-corrected chi connectivity index (χ2v) is 8.85. The largest absolute Gasteiger partial charge is 0.394 e. The summed E-state index contributed by atoms with van der Waals surface area (Å²) in [5.74, 6) is 1.91. The number of aliphatic hydroxyl groups excluding tert-OH is 1. The molecule has 0 aliphatic heterocycles. The van der Waals surface area contributed by atoms with E-state index >= 15 is 0 Å². The molecule has 3 rings (SSSR count). The monoisotopic (exact) mass is 345 g/mol. The SMILES string of the molecule is CC(C)COCCC1CCc2cc([C@H]3CC[C@](N)(CO)C3)ccc2C1. The number of fused-ring (bicyclic) bond motifs is 1. The van der Waals surface area contributed by atoms with Gasteiger partial charge in [-0.3, -0.25) is 0 Å². The molecule has 2 aliphatic rings. The Morgan fingerprint density at radius 1 is 1.28 bits per heavy atom. The van der Waals surface area contributed by atoms with Gasteiger partial charge in [0.25, 0.3) is 0 Å². The maximum absolute atomic E-state index is 9.49. The first kappa shape index (κ1) is 18.9. The number of hydrogen-bond acceptors (Lipinski definition) is 3. The fourth-order valence-electron chi connectivity index (χ4n) is 4.50. The molecule has 0 amide bonds. The second kappa shape index (κ2) is 8.20. The lowest BCUT2D eigenvalue weighted by atomic mass is 9.80. The van der Waals surface area contributed by atoms with Crippen LogP contribution in [0.1, 0.15) is 68.6 Å². The van der Waals surface area contributed by atoms with Gasteiger partial charge in [0, 0.05) is 18.8 Å². The Balaban J connectivity index is 1.55. The van der Waals surface area contributed by atoms with Crippen LogP contribution in [0.5, 0.6) is 0 Å². The van der Waals surface area contributed by atoms with Gasteiger partial charge >= 0.3 is 0 Å². The molecule has 0 heterocycles. The maximum Gasteiger partial charge on any atom is 0.0611 e. The Labute approximate surface area is 153 Å². The molecule has 140 valence electrons. The third-order valence-corrected chi connectivity index (χ3v) is 6.11. The van der Waals surface area contributed by atoms with E-state index in [9.17, 15) is 5.11 Å². The molecule has 1 fully saturated rings. The number of aliphatic hydroxyl groups is 1. The molecule has 0 bridgehead atoms. The van der Waals surface area contributed by atoms with Crippen molar-refractivity contribution >= 4 is 0 Å². The molecule has 0 spiro atoms. The molecular formula is C22H35NO2. The van der Waals surface area contributed by atoms with Crippen LogP contribution in [0.25, 0.3) is 0 Å². The van der Waals surface area contributed by atoms with Crippen LogP contribution < -0.4 is 5.73 Å². The highest BCUT2D eigenvalue weighted by atomic mass is 16.5. The number of aryl methyl sites for hydroxylation is 1. The normalized spacial score (nSPS) is 29.2. The van der Waals surface area contributed by atoms with Crippen LogP contribution in [0.2, 0.25) is 0 Å². The molecule has 0 aromatic heterocycles. The summed E-state index contributed by atoms with van der Waals surface area (Å²) in [5, 5.41) is 9.49. The Bertz CT molecular complexity index is 571. The molecule has 1 unspecified atom stereocenters. The predicted molar refractivity (Wildman–Crippen MR) is 103 cm³/mol. The van der Waals surface area contributed by atoms with Crippen molar-refractivity contribution in [1.29, 1.82) is 0 Å². The van der Waals surface area contributed by atoms with E-state index in [1.807, 2.05) is 0 Å². The molecule has 0 radical (unpaired) electrons. The summed E-state index contributed by atoms with van der Waals surface area (Å²) in [6, 6.07) is 7.08. The van der Waals surface area contributed by atoms with Gasteiger partial charge in [-0.25, -0.2) is 0 Å². The molecule has 1 aromatic carbocycles. The molecule has 1 aromatic rings. The number of nitrogens with two attached hydrogens (primary N) is 1. The van der Waals surface area contributed by atoms with E-state index in [4.69, 9.17) is 10.5 Å². The van der Waals surface area contributed by atoms with Crippen molar-refractivity contribution in [2.24, 2.45) is 17.6 Å². The zero-order valence-electron chi connectivity index (χ0n) is 16.0. The van der Waals surface area contributed by atoms with Crippen molar-refractivity contribution in [3.05, 3.63) is 34.9 Å². The Kier molecular flexibility index (Phi) is 6.19. The Morgan fingerprint density at radius 3 is 2.84 bits per heavy atom. The number of rotatable bonds is 7. The fourth-order valence-corrected chi connectivity index (χ4v) is 4.50. The minimum Gasteiger partial charge on any atom is -0.394 e. The summed E-state index contributed by atoms with van der Waals surface area (Å²) in [6.07, 6.45) is 7.81. The third kappa shape index (κ3) is 4.84. The molecule has 0 saturated heterocycles. The predicted octanol–water partition coefficient (Wildman–Crippen LogP) is 3.81. The zero-order valence-corrected chi connectivity index (χ0v) is 16.0. The lowest BCUT2D eigenvalue weighted by molar-refractivity contribution is 0.0962. The number of benzene rings is 1. The zero-order chi connectivity index (χ0) is 17.9. The molecule has 3 N–H and O–H groups in total. The molecule has 1 saturated carbocycles. The lowest BCUT2D eigenvalue weighted by Gasteiger charge is -2.26. The van der Waals surface area contributed by atoms with Gasteiger partial charge < -0.3 is 15.6 Å². The molecule has 3 heteroatoms. The highest BCUT2D eigenvalue weighted by Gasteiger charge is 2.36. The van der Waals surface area contributed by atoms with E-state index in [1.54, 1.807) is 0 Å². The van der Waals surface area contributed by atoms with Crippen LogP contribution >= 0.6 is 0 Å². The van der Waals surface area contributed by atoms with Crippen LogP contribution in [0.4, 0.5) is 0 Å². The smallest absolute Gasteiger partial charge is 0.0611 e. The topological polar surface area (TPSA) is 55.5 Å². The van der Waals surface area contributed by atoms with E-state index < -0.39 is 0 Å². The van der Waals surface area contributed by atoms with Gasteiger partial charge in [0.2, 0.25) is 0 Å². The van der Waals surface area contributed by atoms with Crippen LogP contribution in [-0.4, -0.2) is 30.5 Å². The Morgan fingerprint density at radius 2 is 2.12 bits per heavy atom. The van der Waals surface area contributed by atoms with Gasteiger partial charge in [-0.1, -0.05) is 32.0 Å². The van der Waals surface area contributed by atoms with Gasteiger partial charge in [0.05, 0.1) is 6.61 Å². The van der Waals surface area contributed by atoms with Gasteiger partial charge in [-0.05, 0) is 79.4 Å². The summed E-state index contributed by atoms with van der Waals surface area (Å²) in [6.45, 7) is 6.29. The van der Waals surface area contributed by atoms with Crippen molar-refractivity contribution in [3.8, 4) is 0 Å². The fraction of sp³-hybridized carbons (Fsp3) is 0.727. The average Bonchev–Trinajstić information content (AvgIpc) is 3.01. The van der Waals surface area contributed by atoms with E-state index in [2.05, 4.69) is 32.0 Å². The standard InChI is InChI=1S/C22H35NO2/c1-16(2)14-25-10-8-17-3-4-19-12-20(6-5-18(19)11-17)21-7-9-22(23,13-21)15-24/h5-6,12,16-17,21,24H,3-4,7-11,13-15,23H2,1-2H3/t17?,21-,22+/m0/s1. The lowest BCUT2D eigenvalue weighted by Crippen LogP contribution is -2.40. The van der Waals surface area contributed by atoms with Crippen molar-refractivity contribution < 1.29 is 9.84 Å². The average molecular weight is 346 g/mol. The number of hydrogen-bond donors (Lipinski definition) is 2. The van der Waals surface area contributed by atoms with Crippen LogP contribution in [0.3, 0.4) is 0 Å². The van der Waals surface area contributed by atoms with Gasteiger partial charge in [-0.2, -0.15) is 0 Å². The van der Waals surface area contributed by atoms with Crippen LogP contribution in [0.15, 0.2) is 18.2 Å². The summed E-state index contributed by atoms with van der Waals surface area (Å²) in [7, 11) is 0. The summed E-state index contributed by atoms with van der Waals surface area (Å²) >= 11 is 0. The highest BCUT2D eigenvalue weighted by molar-refractivity contribution is 5.36. The van der Waals surface area contributed by atoms with Gasteiger partial charge in [0.1, 0.15) is 0 Å². The Hall–Kier alpha value is -0.900. The number of ether oxygens (including phenoxy) is 1. The first-order valence-electron chi connectivity index (χ1n) is 10.1. The molecule has 2 aliphatic carbocycles. The molecular weight excluding hydrogens is 310 g/mol. The second-order valence-electron chi connectivity index (χ2n) is 8.85. The van der Waals surface area contributed by atoms with Crippen molar-refractivity contribution in [1.82, 2.24) is 0 Å². The first-order chi connectivity index (χ1) is 12.0. The summed E-state index contributed by atoms with van der Waals surface area (Å²) < 4.78 is 5.77. The minimum absolute atomic E-state index is 0.106. The quantitative estimate of drug-likeness (QED) is 0.739. The van der Waals surface area contributed by atoms with E-state index in [0.717, 1.165) is 38.4 Å². The van der Waals surface area contributed by atoms with Crippen molar-refractivity contribution in [2.75, 3.05) is 19.8 Å². The van der Waals surface area contributed by atoms with Gasteiger partial charge in [0.15, 0.2) is 0 Å². The van der Waals surface area contributed by atoms with E-state index in [-0.39, 0.29) is 12.1 Å². The molecule has 25 heavy (non-hydrogen) atoms. The minimum atomic E-state index is -0.359. The van der Waals surface area contributed by atoms with Crippen LogP contribution in [0, 0.1) is 11.8 Å². The van der Waals surface area contributed by atoms with E-state index in [1.165, 1.54) is 42.4 Å². The van der Waals surface area contributed by atoms with Crippen LogP contribution in [-0.2, 0) is 17.6 Å². The van der Waals surface area contributed by atoms with Crippen molar-refractivity contribution in [2.45, 2.75) is 70.3 Å². The summed E-state index contributed by atoms with van der Waals surface area (Å²) in [4.78, 5) is 0. The summed E-state index contributed by atoms with van der Waals surface area (Å²) in [5.41, 5.74) is 10.4.